The third kappa shape index (κ3) is 3.98. The average Bonchev–Trinajstić information content (AvgIpc) is 2.18. The van der Waals surface area contributed by atoms with Gasteiger partial charge in [-0.05, 0) is 24.3 Å². The number of nitrogens with one attached hydrogen (secondary N) is 2. The number of benzene rings is 1. The fourth-order valence-corrected chi connectivity index (χ4v) is 1.19. The van der Waals surface area contributed by atoms with E-state index in [2.05, 4.69) is 26.6 Å². The molecular weight excluding hydrogens is 267 g/mol. The molecule has 2 amide bonds. The Hall–Kier alpha value is -0.740. The fraction of sp³-hybridized carbons (Fsp3) is 0.222. The molecule has 0 saturated heterocycles. The number of hydrogen-bond acceptors (Lipinski definition) is 1. The summed E-state index contributed by atoms with van der Waals surface area (Å²) in [6, 6.07) is 6.72. The standard InChI is InChI=1S/C9H10BrClN2O/c10-5-6-12-9(14)13-8-3-1-7(11)2-4-8/h1-4H,5-6H2,(H2,12,13,14). The van der Waals surface area contributed by atoms with Gasteiger partial charge in [0.2, 0.25) is 0 Å². The molecular formula is C9H10BrClN2O. The Labute approximate surface area is 96.0 Å². The Balaban J connectivity index is 2.44. The van der Waals surface area contributed by atoms with E-state index >= 15 is 0 Å². The summed E-state index contributed by atoms with van der Waals surface area (Å²) < 4.78 is 0. The van der Waals surface area contributed by atoms with Crippen LogP contribution >= 0.6 is 27.5 Å². The first-order chi connectivity index (χ1) is 6.72. The van der Waals surface area contributed by atoms with Gasteiger partial charge in [-0.1, -0.05) is 27.5 Å². The molecule has 76 valence electrons. The monoisotopic (exact) mass is 276 g/mol. The summed E-state index contributed by atoms with van der Waals surface area (Å²) in [5, 5.41) is 6.73. The third-order valence-electron chi connectivity index (χ3n) is 1.48. The maximum absolute atomic E-state index is 11.2. The molecule has 1 rings (SSSR count). The molecule has 0 bridgehead atoms. The van der Waals surface area contributed by atoms with Gasteiger partial charge in [0.05, 0.1) is 0 Å². The lowest BCUT2D eigenvalue weighted by Crippen LogP contribution is -2.30. The zero-order valence-electron chi connectivity index (χ0n) is 7.39. The first-order valence-corrected chi connectivity index (χ1v) is 5.58. The van der Waals surface area contributed by atoms with E-state index in [0.717, 1.165) is 11.0 Å². The summed E-state index contributed by atoms with van der Waals surface area (Å²) in [6.07, 6.45) is 0. The van der Waals surface area contributed by atoms with Crippen LogP contribution in [0.2, 0.25) is 5.02 Å². The molecule has 0 heterocycles. The predicted octanol–water partition coefficient (Wildman–Crippen LogP) is 2.86. The van der Waals surface area contributed by atoms with Gasteiger partial charge in [0, 0.05) is 22.6 Å². The molecule has 1 aromatic rings. The average molecular weight is 278 g/mol. The van der Waals surface area contributed by atoms with Gasteiger partial charge in [-0.25, -0.2) is 4.79 Å². The Morgan fingerprint density at radius 2 is 2.00 bits per heavy atom. The lowest BCUT2D eigenvalue weighted by atomic mass is 10.3. The summed E-state index contributed by atoms with van der Waals surface area (Å²) >= 11 is 8.91. The Morgan fingerprint density at radius 3 is 2.57 bits per heavy atom. The fourth-order valence-electron chi connectivity index (χ4n) is 0.869. The van der Waals surface area contributed by atoms with Crippen LogP contribution in [-0.4, -0.2) is 17.9 Å². The number of carbonyl (C=O) groups excluding carboxylic acids is 1. The van der Waals surface area contributed by atoms with E-state index < -0.39 is 0 Å². The zero-order chi connectivity index (χ0) is 10.4. The topological polar surface area (TPSA) is 41.1 Å². The molecule has 0 aromatic heterocycles. The molecule has 14 heavy (non-hydrogen) atoms. The third-order valence-corrected chi connectivity index (χ3v) is 2.13. The largest absolute Gasteiger partial charge is 0.337 e. The van der Waals surface area contributed by atoms with Gasteiger partial charge in [0.1, 0.15) is 0 Å². The summed E-state index contributed by atoms with van der Waals surface area (Å²) in [5.41, 5.74) is 0.724. The minimum absolute atomic E-state index is 0.216. The molecule has 0 spiro atoms. The molecule has 0 aliphatic heterocycles. The van der Waals surface area contributed by atoms with E-state index in [9.17, 15) is 4.79 Å². The van der Waals surface area contributed by atoms with Crippen LogP contribution in [0.25, 0.3) is 0 Å². The number of alkyl halides is 1. The predicted molar refractivity (Wildman–Crippen MR) is 62.3 cm³/mol. The number of anilines is 1. The van der Waals surface area contributed by atoms with Gasteiger partial charge >= 0.3 is 6.03 Å². The van der Waals surface area contributed by atoms with Crippen LogP contribution in [0.15, 0.2) is 24.3 Å². The van der Waals surface area contributed by atoms with Crippen molar-refractivity contribution in [1.29, 1.82) is 0 Å². The second-order valence-corrected chi connectivity index (χ2v) is 3.81. The summed E-state index contributed by atoms with van der Waals surface area (Å²) in [7, 11) is 0. The van der Waals surface area contributed by atoms with Crippen molar-refractivity contribution in [3.05, 3.63) is 29.3 Å². The second-order valence-electron chi connectivity index (χ2n) is 2.58. The number of urea groups is 1. The first kappa shape index (κ1) is 11.3. The summed E-state index contributed by atoms with van der Waals surface area (Å²) in [5.74, 6) is 0. The van der Waals surface area contributed by atoms with Crippen LogP contribution in [0.3, 0.4) is 0 Å². The lowest BCUT2D eigenvalue weighted by molar-refractivity contribution is 0.252. The number of hydrogen-bond donors (Lipinski definition) is 2. The van der Waals surface area contributed by atoms with Gasteiger partial charge in [0.25, 0.3) is 0 Å². The van der Waals surface area contributed by atoms with Crippen molar-refractivity contribution in [2.45, 2.75) is 0 Å². The van der Waals surface area contributed by atoms with Crippen molar-refractivity contribution in [2.75, 3.05) is 17.2 Å². The highest BCUT2D eigenvalue weighted by molar-refractivity contribution is 9.09. The van der Waals surface area contributed by atoms with Gasteiger partial charge < -0.3 is 10.6 Å². The molecule has 5 heteroatoms. The molecule has 0 fully saturated rings. The van der Waals surface area contributed by atoms with Gasteiger partial charge in [-0.3, -0.25) is 0 Å². The molecule has 2 N–H and O–H groups in total. The highest BCUT2D eigenvalue weighted by Gasteiger charge is 1.99. The highest BCUT2D eigenvalue weighted by atomic mass is 79.9. The lowest BCUT2D eigenvalue weighted by Gasteiger charge is -2.05. The number of carbonyl (C=O) groups is 1. The smallest absolute Gasteiger partial charge is 0.319 e. The number of halogens is 2. The quantitative estimate of drug-likeness (QED) is 0.820. The van der Waals surface area contributed by atoms with Crippen molar-refractivity contribution in [3.63, 3.8) is 0 Å². The summed E-state index contributed by atoms with van der Waals surface area (Å²) in [6.45, 7) is 0.597. The van der Waals surface area contributed by atoms with Crippen molar-refractivity contribution in [2.24, 2.45) is 0 Å². The molecule has 0 aliphatic rings. The maximum atomic E-state index is 11.2. The van der Waals surface area contributed by atoms with Crippen LogP contribution in [0.4, 0.5) is 10.5 Å². The maximum Gasteiger partial charge on any atom is 0.319 e. The normalized spacial score (nSPS) is 9.57. The van der Waals surface area contributed by atoms with E-state index in [-0.39, 0.29) is 6.03 Å². The van der Waals surface area contributed by atoms with Crippen LogP contribution in [0.1, 0.15) is 0 Å². The van der Waals surface area contributed by atoms with E-state index in [0.29, 0.717) is 11.6 Å². The van der Waals surface area contributed by atoms with E-state index in [1.807, 2.05) is 0 Å². The van der Waals surface area contributed by atoms with Crippen molar-refractivity contribution < 1.29 is 4.79 Å². The SMILES string of the molecule is O=C(NCCBr)Nc1ccc(Cl)cc1. The Morgan fingerprint density at radius 1 is 1.36 bits per heavy atom. The molecule has 0 atom stereocenters. The van der Waals surface area contributed by atoms with Gasteiger partial charge in [0.15, 0.2) is 0 Å². The van der Waals surface area contributed by atoms with Gasteiger partial charge in [-0.15, -0.1) is 0 Å². The first-order valence-electron chi connectivity index (χ1n) is 4.09. The van der Waals surface area contributed by atoms with Crippen LogP contribution in [0, 0.1) is 0 Å². The van der Waals surface area contributed by atoms with E-state index in [4.69, 9.17) is 11.6 Å². The number of amides is 2. The van der Waals surface area contributed by atoms with Crippen molar-refractivity contribution in [1.82, 2.24) is 5.32 Å². The molecule has 0 unspecified atom stereocenters. The molecule has 0 radical (unpaired) electrons. The second kappa shape index (κ2) is 5.88. The Bertz CT molecular complexity index is 302. The van der Waals surface area contributed by atoms with E-state index in [1.54, 1.807) is 24.3 Å². The minimum Gasteiger partial charge on any atom is -0.337 e. The van der Waals surface area contributed by atoms with Crippen LogP contribution in [0.5, 0.6) is 0 Å². The van der Waals surface area contributed by atoms with E-state index in [1.165, 1.54) is 0 Å². The van der Waals surface area contributed by atoms with Gasteiger partial charge in [-0.2, -0.15) is 0 Å². The minimum atomic E-state index is -0.216. The van der Waals surface area contributed by atoms with Crippen LogP contribution < -0.4 is 10.6 Å². The molecule has 3 nitrogen and oxygen atoms in total. The summed E-state index contributed by atoms with van der Waals surface area (Å²) in [4.78, 5) is 11.2. The Kier molecular flexibility index (Phi) is 4.76. The molecule has 1 aromatic carbocycles. The number of rotatable bonds is 3. The van der Waals surface area contributed by atoms with Crippen LogP contribution in [-0.2, 0) is 0 Å². The van der Waals surface area contributed by atoms with Crippen molar-refractivity contribution >= 4 is 39.2 Å². The zero-order valence-corrected chi connectivity index (χ0v) is 9.73. The highest BCUT2D eigenvalue weighted by Crippen LogP contribution is 2.12. The van der Waals surface area contributed by atoms with Crippen molar-refractivity contribution in [3.8, 4) is 0 Å². The molecule has 0 aliphatic carbocycles. The molecule has 0 saturated carbocycles.